The highest BCUT2D eigenvalue weighted by Gasteiger charge is 2.38. The van der Waals surface area contributed by atoms with Crippen molar-refractivity contribution in [3.63, 3.8) is 0 Å². The molecule has 8 heteroatoms. The molecule has 0 saturated carbocycles. The van der Waals surface area contributed by atoms with Crippen LogP contribution < -0.4 is 11.3 Å². The van der Waals surface area contributed by atoms with Crippen molar-refractivity contribution >= 4 is 17.1 Å². The summed E-state index contributed by atoms with van der Waals surface area (Å²) in [6, 6.07) is 0. The Balaban J connectivity index is 2.04. The zero-order chi connectivity index (χ0) is 14.3. The van der Waals surface area contributed by atoms with E-state index >= 15 is 0 Å². The number of H-pyrrole nitrogens is 1. The maximum atomic E-state index is 11.7. The number of nitrogens with zero attached hydrogens (tertiary/aromatic N) is 3. The smallest absolute Gasteiger partial charge is 0.280 e. The Hall–Kier alpha value is -2.19. The van der Waals surface area contributed by atoms with Crippen molar-refractivity contribution in [3.05, 3.63) is 29.3 Å². The van der Waals surface area contributed by atoms with Gasteiger partial charge in [-0.1, -0.05) is 6.08 Å². The van der Waals surface area contributed by atoms with E-state index in [0.29, 0.717) is 18.5 Å². The highest BCUT2D eigenvalue weighted by Crippen LogP contribution is 2.37. The number of rotatable bonds is 3. The third kappa shape index (κ3) is 1.81. The summed E-state index contributed by atoms with van der Waals surface area (Å²) in [6.07, 6.45) is 4.02. The molecule has 0 aromatic carbocycles. The monoisotopic (exact) mass is 277 g/mol. The standard InChI is InChI=1S/C12H15N5O3/c1-2-12(5-18)4-3-7(20-12)17-6-14-8-9(17)15-11(13)16-10(8)19/h2,6-7,18H,1,3-5H2,(H3,13,15,16,19). The van der Waals surface area contributed by atoms with Gasteiger partial charge in [-0.15, -0.1) is 6.58 Å². The van der Waals surface area contributed by atoms with Crippen molar-refractivity contribution < 1.29 is 9.84 Å². The fourth-order valence-electron chi connectivity index (χ4n) is 2.44. The van der Waals surface area contributed by atoms with Crippen LogP contribution in [0.25, 0.3) is 11.2 Å². The predicted molar refractivity (Wildman–Crippen MR) is 71.9 cm³/mol. The Morgan fingerprint density at radius 1 is 1.75 bits per heavy atom. The Kier molecular flexibility index (Phi) is 2.84. The van der Waals surface area contributed by atoms with Crippen LogP contribution in [0.5, 0.6) is 0 Å². The van der Waals surface area contributed by atoms with Gasteiger partial charge in [0.05, 0.1) is 12.9 Å². The van der Waals surface area contributed by atoms with Crippen LogP contribution >= 0.6 is 0 Å². The topological polar surface area (TPSA) is 119 Å². The average Bonchev–Trinajstić information content (AvgIpc) is 3.02. The van der Waals surface area contributed by atoms with Crippen molar-refractivity contribution in [2.45, 2.75) is 24.7 Å². The van der Waals surface area contributed by atoms with Gasteiger partial charge in [-0.2, -0.15) is 4.98 Å². The first-order chi connectivity index (χ1) is 9.58. The van der Waals surface area contributed by atoms with Crippen molar-refractivity contribution in [1.82, 2.24) is 19.5 Å². The Bertz CT molecular complexity index is 721. The predicted octanol–water partition coefficient (Wildman–Crippen LogP) is -0.0721. The van der Waals surface area contributed by atoms with Crippen LogP contribution in [-0.2, 0) is 4.74 Å². The highest BCUT2D eigenvalue weighted by atomic mass is 16.5. The second-order valence-corrected chi connectivity index (χ2v) is 4.81. The Morgan fingerprint density at radius 2 is 2.55 bits per heavy atom. The van der Waals surface area contributed by atoms with Gasteiger partial charge in [-0.25, -0.2) is 4.98 Å². The maximum absolute atomic E-state index is 11.7. The van der Waals surface area contributed by atoms with Gasteiger partial charge < -0.3 is 15.6 Å². The molecule has 4 N–H and O–H groups in total. The van der Waals surface area contributed by atoms with Gasteiger partial charge in [-0.3, -0.25) is 14.3 Å². The van der Waals surface area contributed by atoms with E-state index in [2.05, 4.69) is 21.5 Å². The summed E-state index contributed by atoms with van der Waals surface area (Å²) in [7, 11) is 0. The molecule has 3 heterocycles. The molecule has 1 aliphatic rings. The first-order valence-electron chi connectivity index (χ1n) is 6.23. The van der Waals surface area contributed by atoms with Gasteiger partial charge in [-0.05, 0) is 12.8 Å². The molecule has 8 nitrogen and oxygen atoms in total. The number of imidazole rings is 1. The molecule has 0 radical (unpaired) electrons. The van der Waals surface area contributed by atoms with Gasteiger partial charge in [0, 0.05) is 0 Å². The molecule has 2 aromatic heterocycles. The third-order valence-corrected chi connectivity index (χ3v) is 3.59. The van der Waals surface area contributed by atoms with E-state index in [9.17, 15) is 9.90 Å². The minimum absolute atomic E-state index is 0.0272. The van der Waals surface area contributed by atoms with Gasteiger partial charge >= 0.3 is 0 Å². The van der Waals surface area contributed by atoms with Crippen LogP contribution in [0.1, 0.15) is 19.1 Å². The highest BCUT2D eigenvalue weighted by molar-refractivity contribution is 5.70. The normalized spacial score (nSPS) is 26.1. The molecule has 0 spiro atoms. The minimum Gasteiger partial charge on any atom is -0.393 e. The SMILES string of the molecule is C=CC1(CO)CCC(n2cnc3c(=O)[nH]c(N)nc32)O1. The number of aromatic amines is 1. The van der Waals surface area contributed by atoms with Crippen LogP contribution in [0.15, 0.2) is 23.8 Å². The summed E-state index contributed by atoms with van der Waals surface area (Å²) in [4.78, 5) is 22.2. The number of hydrogen-bond acceptors (Lipinski definition) is 6. The number of nitrogens with one attached hydrogen (secondary N) is 1. The summed E-state index contributed by atoms with van der Waals surface area (Å²) in [5.74, 6) is 0.0272. The van der Waals surface area contributed by atoms with Crippen molar-refractivity contribution in [3.8, 4) is 0 Å². The van der Waals surface area contributed by atoms with Crippen molar-refractivity contribution in [1.29, 1.82) is 0 Å². The fraction of sp³-hybridized carbons (Fsp3) is 0.417. The summed E-state index contributed by atoms with van der Waals surface area (Å²) in [5, 5.41) is 9.42. The zero-order valence-corrected chi connectivity index (χ0v) is 10.7. The summed E-state index contributed by atoms with van der Waals surface area (Å²) >= 11 is 0. The van der Waals surface area contributed by atoms with Crippen molar-refractivity contribution in [2.75, 3.05) is 12.3 Å². The average molecular weight is 277 g/mol. The van der Waals surface area contributed by atoms with E-state index in [-0.39, 0.29) is 29.9 Å². The first kappa shape index (κ1) is 12.8. The molecule has 2 unspecified atom stereocenters. The molecular weight excluding hydrogens is 262 g/mol. The lowest BCUT2D eigenvalue weighted by Crippen LogP contribution is -2.30. The Labute approximate surface area is 113 Å². The number of aliphatic hydroxyl groups excluding tert-OH is 1. The van der Waals surface area contributed by atoms with Crippen molar-refractivity contribution in [2.24, 2.45) is 0 Å². The minimum atomic E-state index is -0.756. The van der Waals surface area contributed by atoms with Gasteiger partial charge in [0.2, 0.25) is 5.95 Å². The number of fused-ring (bicyclic) bond motifs is 1. The summed E-state index contributed by atoms with van der Waals surface area (Å²) < 4.78 is 7.50. The third-order valence-electron chi connectivity index (χ3n) is 3.59. The van der Waals surface area contributed by atoms with E-state index < -0.39 is 5.60 Å². The zero-order valence-electron chi connectivity index (χ0n) is 10.7. The molecule has 2 aromatic rings. The van der Waals surface area contributed by atoms with Crippen LogP contribution in [0.4, 0.5) is 5.95 Å². The number of anilines is 1. The van der Waals surface area contributed by atoms with Crippen LogP contribution in [0.2, 0.25) is 0 Å². The summed E-state index contributed by atoms with van der Waals surface area (Å²) in [6.45, 7) is 3.55. The van der Waals surface area contributed by atoms with Crippen LogP contribution in [0.3, 0.4) is 0 Å². The van der Waals surface area contributed by atoms with Gasteiger partial charge in [0.1, 0.15) is 11.8 Å². The van der Waals surface area contributed by atoms with Gasteiger partial charge in [0.15, 0.2) is 11.2 Å². The lowest BCUT2D eigenvalue weighted by Gasteiger charge is -2.23. The van der Waals surface area contributed by atoms with E-state index in [1.54, 1.807) is 10.6 Å². The number of aliphatic hydroxyl groups is 1. The molecule has 20 heavy (non-hydrogen) atoms. The number of aromatic nitrogens is 4. The second kappa shape index (κ2) is 4.43. The van der Waals surface area contributed by atoms with Crippen LogP contribution in [0, 0.1) is 0 Å². The van der Waals surface area contributed by atoms with Gasteiger partial charge in [0.25, 0.3) is 5.56 Å². The first-order valence-corrected chi connectivity index (χ1v) is 6.23. The maximum Gasteiger partial charge on any atom is 0.280 e. The second-order valence-electron chi connectivity index (χ2n) is 4.81. The fourth-order valence-corrected chi connectivity index (χ4v) is 2.44. The number of ether oxygens (including phenoxy) is 1. The molecule has 1 aliphatic heterocycles. The number of nitrogen functional groups attached to an aromatic ring is 1. The van der Waals surface area contributed by atoms with E-state index in [1.807, 2.05) is 0 Å². The molecule has 2 atom stereocenters. The molecule has 3 rings (SSSR count). The summed E-state index contributed by atoms with van der Waals surface area (Å²) in [5.41, 5.74) is 4.99. The largest absolute Gasteiger partial charge is 0.393 e. The van der Waals surface area contributed by atoms with E-state index in [4.69, 9.17) is 10.5 Å². The lowest BCUT2D eigenvalue weighted by molar-refractivity contribution is -0.0674. The molecule has 1 fully saturated rings. The van der Waals surface area contributed by atoms with Crippen LogP contribution in [-0.4, -0.2) is 36.8 Å². The molecule has 106 valence electrons. The lowest BCUT2D eigenvalue weighted by atomic mass is 10.0. The molecule has 1 saturated heterocycles. The quantitative estimate of drug-likeness (QED) is 0.675. The number of hydrogen-bond donors (Lipinski definition) is 3. The number of nitrogens with two attached hydrogens (primary N) is 1. The molecular formula is C12H15N5O3. The Morgan fingerprint density at radius 3 is 3.20 bits per heavy atom. The molecule has 0 bridgehead atoms. The van der Waals surface area contributed by atoms with E-state index in [1.165, 1.54) is 6.33 Å². The molecule has 0 amide bonds. The van der Waals surface area contributed by atoms with E-state index in [0.717, 1.165) is 0 Å². The molecule has 0 aliphatic carbocycles.